The third-order valence-corrected chi connectivity index (χ3v) is 6.16. The van der Waals surface area contributed by atoms with Gasteiger partial charge in [0.05, 0.1) is 12.3 Å². The first-order chi connectivity index (χ1) is 16.4. The number of aliphatic hydroxyl groups is 1. The fourth-order valence-electron chi connectivity index (χ4n) is 4.43. The summed E-state index contributed by atoms with van der Waals surface area (Å²) in [5.74, 6) is -0.942. The van der Waals surface area contributed by atoms with Crippen molar-refractivity contribution >= 4 is 5.91 Å². The van der Waals surface area contributed by atoms with Crippen molar-refractivity contribution < 1.29 is 24.1 Å². The molecule has 1 aliphatic heterocycles. The van der Waals surface area contributed by atoms with Crippen LogP contribution in [0.2, 0.25) is 0 Å². The highest BCUT2D eigenvalue weighted by Gasteiger charge is 2.40. The summed E-state index contributed by atoms with van der Waals surface area (Å²) in [5, 5.41) is 12.3. The van der Waals surface area contributed by atoms with Crippen LogP contribution in [-0.4, -0.2) is 60.1 Å². The number of methoxy groups -OCH3 is 1. The summed E-state index contributed by atoms with van der Waals surface area (Å²) in [7, 11) is 3.41. The van der Waals surface area contributed by atoms with E-state index in [1.165, 1.54) is 0 Å². The highest BCUT2D eigenvalue weighted by Crippen LogP contribution is 2.39. The molecule has 0 aliphatic carbocycles. The number of aliphatic hydroxyl groups excluding tert-OH is 1. The summed E-state index contributed by atoms with van der Waals surface area (Å²) in [4.78, 5) is 26.6. The fraction of sp³-hybridized carbons (Fsp3) is 0.520. The third kappa shape index (κ3) is 5.43. The van der Waals surface area contributed by atoms with E-state index in [0.717, 1.165) is 11.4 Å². The summed E-state index contributed by atoms with van der Waals surface area (Å²) in [6, 6.07) is 9.43. The maximum atomic E-state index is 13.7. The van der Waals surface area contributed by atoms with Gasteiger partial charge in [0.1, 0.15) is 0 Å². The van der Waals surface area contributed by atoms with Crippen LogP contribution in [0.3, 0.4) is 0 Å². The van der Waals surface area contributed by atoms with Crippen LogP contribution in [0.15, 0.2) is 47.0 Å². The molecule has 9 nitrogen and oxygen atoms in total. The maximum Gasteiger partial charge on any atom is 0.286 e. The lowest BCUT2D eigenvalue weighted by molar-refractivity contribution is -0.166. The van der Waals surface area contributed by atoms with E-state index < -0.39 is 12.2 Å². The molecule has 0 fully saturated rings. The molecule has 0 unspecified atom stereocenters. The van der Waals surface area contributed by atoms with E-state index in [9.17, 15) is 14.7 Å². The molecule has 3 atom stereocenters. The minimum atomic E-state index is -0.723. The van der Waals surface area contributed by atoms with Crippen LogP contribution in [0, 0.1) is 12.8 Å². The van der Waals surface area contributed by atoms with Gasteiger partial charge in [-0.1, -0.05) is 18.2 Å². The lowest BCUT2D eigenvalue weighted by atomic mass is 9.80. The predicted octanol–water partition coefficient (Wildman–Crippen LogP) is 2.00. The van der Waals surface area contributed by atoms with E-state index in [0.29, 0.717) is 38.2 Å². The number of aromatic nitrogens is 2. The van der Waals surface area contributed by atoms with Crippen molar-refractivity contribution in [1.29, 1.82) is 0 Å². The van der Waals surface area contributed by atoms with Crippen LogP contribution in [-0.2, 0) is 26.1 Å². The molecule has 1 aromatic carbocycles. The average Bonchev–Trinajstić information content (AvgIpc) is 3.06. The molecule has 2 heterocycles. The lowest BCUT2D eigenvalue weighted by Gasteiger charge is -2.36. The number of carbonyl (C=O) groups excluding carboxylic acids is 1. The highest BCUT2D eigenvalue weighted by molar-refractivity contribution is 5.91. The first kappa shape index (κ1) is 25.7. The van der Waals surface area contributed by atoms with Crippen molar-refractivity contribution in [3.8, 4) is 5.69 Å². The Morgan fingerprint density at radius 3 is 2.65 bits per heavy atom. The van der Waals surface area contributed by atoms with Gasteiger partial charge in [-0.15, -0.1) is 0 Å². The summed E-state index contributed by atoms with van der Waals surface area (Å²) in [5.41, 5.74) is 1.98. The molecule has 1 amide bonds. The second-order valence-electron chi connectivity index (χ2n) is 8.25. The molecular formula is C25H35N3O6. The lowest BCUT2D eigenvalue weighted by Crippen LogP contribution is -2.40. The third-order valence-electron chi connectivity index (χ3n) is 6.16. The molecule has 2 aromatic rings. The number of nitrogens with zero attached hydrogens (tertiary/aromatic N) is 2. The summed E-state index contributed by atoms with van der Waals surface area (Å²) in [6.07, 6.45) is 2.09. The fourth-order valence-corrected chi connectivity index (χ4v) is 4.43. The van der Waals surface area contributed by atoms with Crippen molar-refractivity contribution in [1.82, 2.24) is 14.7 Å². The first-order valence-corrected chi connectivity index (χ1v) is 11.7. The SMILES string of the molecule is CCO[C@H]1OC(C(=O)NCCOC)=C[C@@H](c2c(C)n(C)n(-c3ccccc3)c2=O)[C@@H]1CCCO. The van der Waals surface area contributed by atoms with Crippen LogP contribution >= 0.6 is 0 Å². The number of nitrogens with one attached hydrogen (secondary N) is 1. The number of hydrogen-bond acceptors (Lipinski definition) is 6. The molecule has 0 saturated carbocycles. The van der Waals surface area contributed by atoms with Gasteiger partial charge in [-0.3, -0.25) is 14.3 Å². The largest absolute Gasteiger partial charge is 0.459 e. The zero-order valence-corrected chi connectivity index (χ0v) is 20.3. The van der Waals surface area contributed by atoms with E-state index in [-0.39, 0.29) is 29.8 Å². The molecule has 3 rings (SSSR count). The zero-order valence-electron chi connectivity index (χ0n) is 20.3. The number of rotatable bonds is 11. The van der Waals surface area contributed by atoms with Crippen LogP contribution < -0.4 is 10.9 Å². The normalized spacial score (nSPS) is 20.0. The predicted molar refractivity (Wildman–Crippen MR) is 128 cm³/mol. The Kier molecular flexibility index (Phi) is 9.09. The van der Waals surface area contributed by atoms with E-state index in [1.807, 2.05) is 55.9 Å². The number of carbonyl (C=O) groups is 1. The van der Waals surface area contributed by atoms with Gasteiger partial charge in [0.15, 0.2) is 5.76 Å². The number of allylic oxidation sites excluding steroid dienone is 1. The summed E-state index contributed by atoms with van der Waals surface area (Å²) in [6.45, 7) is 4.85. The van der Waals surface area contributed by atoms with Gasteiger partial charge in [0.25, 0.3) is 11.5 Å². The van der Waals surface area contributed by atoms with Crippen LogP contribution in [0.1, 0.15) is 36.9 Å². The molecular weight excluding hydrogens is 438 g/mol. The maximum absolute atomic E-state index is 13.7. The van der Waals surface area contributed by atoms with Gasteiger partial charge in [-0.25, -0.2) is 4.68 Å². The Bertz CT molecular complexity index is 1040. The molecule has 2 N–H and O–H groups in total. The van der Waals surface area contributed by atoms with Crippen molar-refractivity contribution in [2.45, 2.75) is 38.9 Å². The zero-order chi connectivity index (χ0) is 24.7. The molecule has 1 aliphatic rings. The monoisotopic (exact) mass is 473 g/mol. The summed E-state index contributed by atoms with van der Waals surface area (Å²) < 4.78 is 20.3. The smallest absolute Gasteiger partial charge is 0.286 e. The van der Waals surface area contributed by atoms with Gasteiger partial charge < -0.3 is 24.6 Å². The van der Waals surface area contributed by atoms with E-state index in [4.69, 9.17) is 14.2 Å². The topological polar surface area (TPSA) is 104 Å². The highest BCUT2D eigenvalue weighted by atomic mass is 16.7. The number of hydrogen-bond donors (Lipinski definition) is 2. The van der Waals surface area contributed by atoms with E-state index >= 15 is 0 Å². The molecule has 1 aromatic heterocycles. The van der Waals surface area contributed by atoms with E-state index in [2.05, 4.69) is 5.32 Å². The van der Waals surface area contributed by atoms with Crippen molar-refractivity contribution in [2.75, 3.05) is 33.5 Å². The Labute approximate surface area is 199 Å². The molecule has 0 saturated heterocycles. The van der Waals surface area contributed by atoms with Crippen molar-refractivity contribution in [2.24, 2.45) is 13.0 Å². The Morgan fingerprint density at radius 2 is 2.00 bits per heavy atom. The van der Waals surface area contributed by atoms with Gasteiger partial charge >= 0.3 is 0 Å². The van der Waals surface area contributed by atoms with Crippen LogP contribution in [0.5, 0.6) is 0 Å². The molecule has 0 radical (unpaired) electrons. The standard InChI is InChI=1S/C25H35N3O6/c1-5-33-25-19(12-9-14-29)20(16-21(34-25)23(30)26-13-15-32-4)22-17(2)27(3)28(24(22)31)18-10-7-6-8-11-18/h6-8,10-11,16,19-20,25,29H,5,9,12-15H2,1-4H3,(H,26,30)/t19-,20+,25-/m0/s1. The molecule has 9 heteroatoms. The quantitative estimate of drug-likeness (QED) is 0.484. The molecule has 0 bridgehead atoms. The Balaban J connectivity index is 2.11. The number of para-hydroxylation sites is 1. The molecule has 34 heavy (non-hydrogen) atoms. The number of benzene rings is 1. The second kappa shape index (κ2) is 12.0. The second-order valence-corrected chi connectivity index (χ2v) is 8.25. The van der Waals surface area contributed by atoms with Gasteiger partial charge in [-0.05, 0) is 44.9 Å². The summed E-state index contributed by atoms with van der Waals surface area (Å²) >= 11 is 0. The Morgan fingerprint density at radius 1 is 1.26 bits per heavy atom. The molecule has 0 spiro atoms. The van der Waals surface area contributed by atoms with Crippen LogP contribution in [0.4, 0.5) is 0 Å². The van der Waals surface area contributed by atoms with Gasteiger partial charge in [-0.2, -0.15) is 0 Å². The number of amides is 1. The number of ether oxygens (including phenoxy) is 3. The average molecular weight is 474 g/mol. The van der Waals surface area contributed by atoms with Crippen molar-refractivity contribution in [3.05, 3.63) is 63.8 Å². The minimum Gasteiger partial charge on any atom is -0.459 e. The van der Waals surface area contributed by atoms with Gasteiger partial charge in [0.2, 0.25) is 6.29 Å². The molecule has 186 valence electrons. The van der Waals surface area contributed by atoms with E-state index in [1.54, 1.807) is 17.9 Å². The van der Waals surface area contributed by atoms with Crippen LogP contribution in [0.25, 0.3) is 5.69 Å². The Hall–Kier alpha value is -2.88. The van der Waals surface area contributed by atoms with Gasteiger partial charge in [0, 0.05) is 57.0 Å². The minimum absolute atomic E-state index is 0.0121. The van der Waals surface area contributed by atoms with Crippen molar-refractivity contribution in [3.63, 3.8) is 0 Å². The first-order valence-electron chi connectivity index (χ1n) is 11.7.